The summed E-state index contributed by atoms with van der Waals surface area (Å²) in [4.78, 5) is 14.7. The molecule has 1 aliphatic carbocycles. The molecule has 0 radical (unpaired) electrons. The highest BCUT2D eigenvalue weighted by atomic mass is 35.5. The van der Waals surface area contributed by atoms with E-state index in [-0.39, 0.29) is 11.9 Å². The largest absolute Gasteiger partial charge is 0.391 e. The summed E-state index contributed by atoms with van der Waals surface area (Å²) in [6.07, 6.45) is 5.93. The highest BCUT2D eigenvalue weighted by Gasteiger charge is 2.23. The van der Waals surface area contributed by atoms with Gasteiger partial charge >= 0.3 is 0 Å². The van der Waals surface area contributed by atoms with Gasteiger partial charge in [0.2, 0.25) is 0 Å². The van der Waals surface area contributed by atoms with Crippen LogP contribution in [0.2, 0.25) is 5.02 Å². The number of hydrogen-bond acceptors (Lipinski definition) is 2. The number of aromatic amines is 1. The molecular formula is C12H17ClN2O2. The molecule has 0 saturated heterocycles. The first-order valence-corrected chi connectivity index (χ1v) is 6.37. The van der Waals surface area contributed by atoms with E-state index < -0.39 is 6.10 Å². The molecule has 94 valence electrons. The third-order valence-corrected chi connectivity index (χ3v) is 3.41. The van der Waals surface area contributed by atoms with E-state index in [2.05, 4.69) is 10.3 Å². The molecule has 2 unspecified atom stereocenters. The second kappa shape index (κ2) is 5.56. The van der Waals surface area contributed by atoms with Gasteiger partial charge in [0.1, 0.15) is 5.69 Å². The van der Waals surface area contributed by atoms with Crippen molar-refractivity contribution in [3.05, 3.63) is 23.0 Å². The van der Waals surface area contributed by atoms with Crippen LogP contribution in [0.5, 0.6) is 0 Å². The van der Waals surface area contributed by atoms with Gasteiger partial charge < -0.3 is 15.4 Å². The Hall–Kier alpha value is -1.00. The summed E-state index contributed by atoms with van der Waals surface area (Å²) in [6, 6.07) is 1.44. The van der Waals surface area contributed by atoms with Crippen LogP contribution >= 0.6 is 11.6 Å². The SMILES string of the molecule is O=C(NC1CCCCCC1O)c1cc(Cl)c[nH]1. The molecule has 1 aromatic rings. The topological polar surface area (TPSA) is 65.1 Å². The van der Waals surface area contributed by atoms with Gasteiger partial charge in [0.25, 0.3) is 5.91 Å². The molecule has 2 rings (SSSR count). The minimum atomic E-state index is -0.438. The second-order valence-corrected chi connectivity index (χ2v) is 4.95. The fourth-order valence-electron chi connectivity index (χ4n) is 2.20. The summed E-state index contributed by atoms with van der Waals surface area (Å²) in [5.41, 5.74) is 0.437. The number of aliphatic hydroxyl groups excluding tert-OH is 1. The maximum Gasteiger partial charge on any atom is 0.268 e. The molecule has 0 aliphatic heterocycles. The van der Waals surface area contributed by atoms with E-state index in [0.717, 1.165) is 32.1 Å². The van der Waals surface area contributed by atoms with Crippen LogP contribution in [0.4, 0.5) is 0 Å². The molecule has 1 fully saturated rings. The van der Waals surface area contributed by atoms with Crippen LogP contribution < -0.4 is 5.32 Å². The van der Waals surface area contributed by atoms with Gasteiger partial charge in [-0.1, -0.05) is 30.9 Å². The van der Waals surface area contributed by atoms with Crippen molar-refractivity contribution in [2.24, 2.45) is 0 Å². The number of H-pyrrole nitrogens is 1. The Balaban J connectivity index is 1.97. The average Bonchev–Trinajstić information content (AvgIpc) is 2.63. The molecule has 1 heterocycles. The molecule has 2 atom stereocenters. The molecule has 0 spiro atoms. The lowest BCUT2D eigenvalue weighted by atomic mass is 10.1. The van der Waals surface area contributed by atoms with Crippen molar-refractivity contribution in [1.82, 2.24) is 10.3 Å². The van der Waals surface area contributed by atoms with Crippen molar-refractivity contribution in [1.29, 1.82) is 0 Å². The monoisotopic (exact) mass is 256 g/mol. The Morgan fingerprint density at radius 1 is 1.41 bits per heavy atom. The number of rotatable bonds is 2. The highest BCUT2D eigenvalue weighted by molar-refractivity contribution is 6.30. The summed E-state index contributed by atoms with van der Waals surface area (Å²) in [7, 11) is 0. The Bertz CT molecular complexity index is 392. The van der Waals surface area contributed by atoms with E-state index in [4.69, 9.17) is 11.6 Å². The van der Waals surface area contributed by atoms with E-state index >= 15 is 0 Å². The predicted octanol–water partition coefficient (Wildman–Crippen LogP) is 2.09. The first-order chi connectivity index (χ1) is 8.16. The number of aromatic nitrogens is 1. The number of aliphatic hydroxyl groups is 1. The van der Waals surface area contributed by atoms with Gasteiger partial charge in [-0.25, -0.2) is 0 Å². The zero-order valence-electron chi connectivity index (χ0n) is 9.58. The summed E-state index contributed by atoms with van der Waals surface area (Å²) < 4.78 is 0. The van der Waals surface area contributed by atoms with Gasteiger partial charge in [0.15, 0.2) is 0 Å². The lowest BCUT2D eigenvalue weighted by Crippen LogP contribution is -2.42. The molecule has 1 aliphatic rings. The molecule has 1 aromatic heterocycles. The van der Waals surface area contributed by atoms with E-state index in [9.17, 15) is 9.90 Å². The molecule has 5 heteroatoms. The predicted molar refractivity (Wildman–Crippen MR) is 66.1 cm³/mol. The van der Waals surface area contributed by atoms with E-state index in [1.165, 1.54) is 0 Å². The highest BCUT2D eigenvalue weighted by Crippen LogP contribution is 2.18. The van der Waals surface area contributed by atoms with Crippen molar-refractivity contribution in [3.8, 4) is 0 Å². The Morgan fingerprint density at radius 2 is 2.18 bits per heavy atom. The molecule has 3 N–H and O–H groups in total. The average molecular weight is 257 g/mol. The van der Waals surface area contributed by atoms with Crippen LogP contribution in [-0.4, -0.2) is 28.1 Å². The molecule has 4 nitrogen and oxygen atoms in total. The smallest absolute Gasteiger partial charge is 0.268 e. The number of halogens is 1. The van der Waals surface area contributed by atoms with Crippen molar-refractivity contribution in [2.75, 3.05) is 0 Å². The molecule has 1 amide bonds. The fourth-order valence-corrected chi connectivity index (χ4v) is 2.37. The summed E-state index contributed by atoms with van der Waals surface area (Å²) >= 11 is 5.74. The normalized spacial score (nSPS) is 25.3. The maximum atomic E-state index is 11.9. The van der Waals surface area contributed by atoms with Crippen LogP contribution in [0.3, 0.4) is 0 Å². The van der Waals surface area contributed by atoms with Gasteiger partial charge in [0, 0.05) is 6.20 Å². The number of amides is 1. The van der Waals surface area contributed by atoms with Crippen LogP contribution in [0.1, 0.15) is 42.6 Å². The maximum absolute atomic E-state index is 11.9. The van der Waals surface area contributed by atoms with Crippen LogP contribution in [0, 0.1) is 0 Å². The van der Waals surface area contributed by atoms with E-state index in [0.29, 0.717) is 10.7 Å². The first-order valence-electron chi connectivity index (χ1n) is 5.99. The van der Waals surface area contributed by atoms with Gasteiger partial charge in [-0.05, 0) is 18.9 Å². The van der Waals surface area contributed by atoms with Gasteiger partial charge in [-0.3, -0.25) is 4.79 Å². The number of carbonyl (C=O) groups excluding carboxylic acids is 1. The third-order valence-electron chi connectivity index (χ3n) is 3.19. The first kappa shape index (κ1) is 12.5. The second-order valence-electron chi connectivity index (χ2n) is 4.52. The fraction of sp³-hybridized carbons (Fsp3) is 0.583. The molecular weight excluding hydrogens is 240 g/mol. The summed E-state index contributed by atoms with van der Waals surface area (Å²) in [6.45, 7) is 0. The zero-order valence-corrected chi connectivity index (χ0v) is 10.3. The molecule has 0 bridgehead atoms. The van der Waals surface area contributed by atoms with Crippen molar-refractivity contribution in [3.63, 3.8) is 0 Å². The number of nitrogens with one attached hydrogen (secondary N) is 2. The van der Waals surface area contributed by atoms with Crippen LogP contribution in [0.15, 0.2) is 12.3 Å². The third kappa shape index (κ3) is 3.23. The van der Waals surface area contributed by atoms with Crippen LogP contribution in [-0.2, 0) is 0 Å². The molecule has 17 heavy (non-hydrogen) atoms. The van der Waals surface area contributed by atoms with E-state index in [1.54, 1.807) is 12.3 Å². The standard InChI is InChI=1S/C12H17ClN2O2/c13-8-6-10(14-7-8)12(17)15-9-4-2-1-3-5-11(9)16/h6-7,9,11,14,16H,1-5H2,(H,15,17). The quantitative estimate of drug-likeness (QED) is 0.710. The number of hydrogen-bond donors (Lipinski definition) is 3. The van der Waals surface area contributed by atoms with Crippen molar-refractivity contribution in [2.45, 2.75) is 44.2 Å². The van der Waals surface area contributed by atoms with E-state index in [1.807, 2.05) is 0 Å². The summed E-state index contributed by atoms with van der Waals surface area (Å²) in [5, 5.41) is 13.3. The van der Waals surface area contributed by atoms with Crippen LogP contribution in [0.25, 0.3) is 0 Å². The van der Waals surface area contributed by atoms with Crippen molar-refractivity contribution >= 4 is 17.5 Å². The Labute approximate surface area is 105 Å². The van der Waals surface area contributed by atoms with Crippen molar-refractivity contribution < 1.29 is 9.90 Å². The zero-order chi connectivity index (χ0) is 12.3. The Morgan fingerprint density at radius 3 is 2.88 bits per heavy atom. The lowest BCUT2D eigenvalue weighted by molar-refractivity contribution is 0.0815. The van der Waals surface area contributed by atoms with Gasteiger partial charge in [-0.15, -0.1) is 0 Å². The molecule has 1 saturated carbocycles. The Kier molecular flexibility index (Phi) is 4.07. The lowest BCUT2D eigenvalue weighted by Gasteiger charge is -2.21. The van der Waals surface area contributed by atoms with Gasteiger partial charge in [-0.2, -0.15) is 0 Å². The summed E-state index contributed by atoms with van der Waals surface area (Å²) in [5.74, 6) is -0.206. The minimum absolute atomic E-state index is 0.146. The minimum Gasteiger partial charge on any atom is -0.391 e. The van der Waals surface area contributed by atoms with Gasteiger partial charge in [0.05, 0.1) is 17.2 Å². The molecule has 0 aromatic carbocycles. The number of carbonyl (C=O) groups is 1.